The lowest BCUT2D eigenvalue weighted by Crippen LogP contribution is -2.44. The molecule has 2 amide bonds. The largest absolute Gasteiger partial charge is 0.550 e. The Morgan fingerprint density at radius 3 is 2.16 bits per heavy atom. The highest BCUT2D eigenvalue weighted by atomic mass is 16.4. The summed E-state index contributed by atoms with van der Waals surface area (Å²) in [7, 11) is 0. The highest BCUT2D eigenvalue weighted by Gasteiger charge is 2.49. The average molecular weight is 619 g/mol. The molecular weight excluding hydrogens is 566 g/mol. The maximum absolute atomic E-state index is 14.1. The smallest absolute Gasteiger partial charge is 0.258 e. The minimum atomic E-state index is -1.01. The molecule has 2 unspecified atom stereocenters. The van der Waals surface area contributed by atoms with E-state index in [0.29, 0.717) is 43.4 Å². The van der Waals surface area contributed by atoms with Crippen molar-refractivity contribution in [2.45, 2.75) is 98.8 Å². The summed E-state index contributed by atoms with van der Waals surface area (Å²) in [6.45, 7) is 22.8. The topological polar surface area (TPSA) is 113 Å². The Balaban J connectivity index is 0.000000707. The lowest BCUT2D eigenvalue weighted by atomic mass is 9.82. The number of benzene rings is 2. The number of carbonyl (C=O) groups is 3. The van der Waals surface area contributed by atoms with Crippen molar-refractivity contribution in [1.82, 2.24) is 15.1 Å². The molecule has 0 radical (unpaired) electrons. The number of rotatable bonds is 7. The van der Waals surface area contributed by atoms with E-state index in [1.807, 2.05) is 55.5 Å². The number of hydrogen-bond acceptors (Lipinski definition) is 6. The maximum atomic E-state index is 14.1. The van der Waals surface area contributed by atoms with Gasteiger partial charge in [-0.05, 0) is 46.9 Å². The van der Waals surface area contributed by atoms with Crippen LogP contribution in [0, 0.1) is 17.3 Å². The first-order chi connectivity index (χ1) is 20.8. The molecule has 0 bridgehead atoms. The number of carboxylic acids is 1. The fourth-order valence-corrected chi connectivity index (χ4v) is 5.61. The summed E-state index contributed by atoms with van der Waals surface area (Å²) in [5.74, 6) is -0.00921. The van der Waals surface area contributed by atoms with Crippen LogP contribution in [-0.4, -0.2) is 51.9 Å². The SMILES string of the molecule is C=C1N[C@](CCC(C)C)(c2ccccc2)C(=O)N1Cc1ccc(C(C)(C)C)c(C(=O)N2CC(C)C(O)C2)c1.CC(C)(C)C(=O)[O-]. The zero-order chi connectivity index (χ0) is 33.9. The van der Waals surface area contributed by atoms with E-state index in [4.69, 9.17) is 0 Å². The van der Waals surface area contributed by atoms with E-state index in [0.717, 1.165) is 23.1 Å². The van der Waals surface area contributed by atoms with Crippen LogP contribution in [0.5, 0.6) is 0 Å². The zero-order valence-electron chi connectivity index (χ0n) is 28.6. The van der Waals surface area contributed by atoms with Gasteiger partial charge < -0.3 is 25.2 Å². The Hall–Kier alpha value is -3.65. The highest BCUT2D eigenvalue weighted by molar-refractivity contribution is 5.97. The number of aliphatic hydroxyl groups is 1. The first-order valence-electron chi connectivity index (χ1n) is 15.9. The van der Waals surface area contributed by atoms with Gasteiger partial charge in [-0.1, -0.05) is 111 Å². The van der Waals surface area contributed by atoms with Gasteiger partial charge in [-0.25, -0.2) is 0 Å². The molecule has 8 nitrogen and oxygen atoms in total. The molecule has 0 saturated carbocycles. The van der Waals surface area contributed by atoms with Crippen LogP contribution >= 0.6 is 0 Å². The summed E-state index contributed by atoms with van der Waals surface area (Å²) in [5, 5.41) is 23.6. The van der Waals surface area contributed by atoms with Crippen LogP contribution in [0.2, 0.25) is 0 Å². The molecule has 2 aliphatic rings. The fourth-order valence-electron chi connectivity index (χ4n) is 5.61. The number of β-amino-alcohol motifs (C(OH)–C–C–N with tert-alkyl or cyclic N) is 1. The predicted molar refractivity (Wildman–Crippen MR) is 176 cm³/mol. The molecule has 0 aromatic heterocycles. The van der Waals surface area contributed by atoms with Crippen LogP contribution in [0.1, 0.15) is 102 Å². The number of carboxylic acid groups (broad SMARTS) is 1. The number of amides is 2. The molecule has 2 heterocycles. The summed E-state index contributed by atoms with van der Waals surface area (Å²) in [6, 6.07) is 15.8. The predicted octanol–water partition coefficient (Wildman–Crippen LogP) is 4.95. The zero-order valence-corrected chi connectivity index (χ0v) is 28.6. The van der Waals surface area contributed by atoms with Gasteiger partial charge in [0, 0.05) is 36.0 Å². The average Bonchev–Trinajstić information content (AvgIpc) is 3.41. The van der Waals surface area contributed by atoms with Gasteiger partial charge in [-0.15, -0.1) is 0 Å². The number of carbonyl (C=O) groups excluding carboxylic acids is 3. The molecule has 8 heteroatoms. The maximum Gasteiger partial charge on any atom is 0.258 e. The van der Waals surface area contributed by atoms with Crippen LogP contribution in [0.3, 0.4) is 0 Å². The lowest BCUT2D eigenvalue weighted by molar-refractivity contribution is -0.316. The van der Waals surface area contributed by atoms with Crippen molar-refractivity contribution in [3.05, 3.63) is 83.2 Å². The minimum Gasteiger partial charge on any atom is -0.550 e. The fraction of sp³-hybridized carbons (Fsp3) is 0.541. The molecule has 0 spiro atoms. The molecule has 2 aromatic rings. The summed E-state index contributed by atoms with van der Waals surface area (Å²) in [5.41, 5.74) is 1.62. The van der Waals surface area contributed by atoms with E-state index in [1.165, 1.54) is 0 Å². The van der Waals surface area contributed by atoms with E-state index in [9.17, 15) is 24.6 Å². The molecule has 2 aromatic carbocycles. The van der Waals surface area contributed by atoms with Gasteiger partial charge in [0.2, 0.25) is 0 Å². The summed E-state index contributed by atoms with van der Waals surface area (Å²) < 4.78 is 0. The van der Waals surface area contributed by atoms with Crippen molar-refractivity contribution < 1.29 is 24.6 Å². The van der Waals surface area contributed by atoms with Gasteiger partial charge >= 0.3 is 0 Å². The van der Waals surface area contributed by atoms with Crippen LogP contribution in [0.15, 0.2) is 60.9 Å². The number of nitrogens with one attached hydrogen (secondary N) is 1. The number of nitrogens with zero attached hydrogens (tertiary/aromatic N) is 2. The molecule has 2 saturated heterocycles. The number of likely N-dealkylation sites (tertiary alicyclic amines) is 1. The van der Waals surface area contributed by atoms with Crippen molar-refractivity contribution in [3.63, 3.8) is 0 Å². The molecule has 2 N–H and O–H groups in total. The molecule has 45 heavy (non-hydrogen) atoms. The second kappa shape index (κ2) is 13.8. The minimum absolute atomic E-state index is 0.0152. The van der Waals surface area contributed by atoms with Crippen LogP contribution < -0.4 is 10.4 Å². The molecular formula is C37H52N3O5-. The number of aliphatic hydroxyl groups excluding tert-OH is 1. The van der Waals surface area contributed by atoms with Gasteiger partial charge in [-0.3, -0.25) is 14.5 Å². The van der Waals surface area contributed by atoms with Gasteiger partial charge in [0.25, 0.3) is 11.8 Å². The van der Waals surface area contributed by atoms with Gasteiger partial charge in [0.05, 0.1) is 12.6 Å². The molecule has 0 aliphatic carbocycles. The third kappa shape index (κ3) is 8.34. The standard InChI is InChI=1S/C32H43N3O3.C5H10O2/c1-21(2)15-16-32(25-11-9-8-10-12-25)30(38)35(23(4)33-32)19-24-13-14-27(31(5,6)7)26(17-24)29(37)34-18-22(3)28(36)20-34;1-5(2,3)4(6)7/h8-14,17,21-22,28,33,36H,4,15-16,18-20H2,1-3,5-7H3;1-3H3,(H,6,7)/p-1/t22?,28?,32-;/m1./s1. The molecule has 2 aliphatic heterocycles. The van der Waals surface area contributed by atoms with E-state index in [2.05, 4.69) is 46.5 Å². The van der Waals surface area contributed by atoms with E-state index >= 15 is 0 Å². The van der Waals surface area contributed by atoms with Crippen LogP contribution in [0.4, 0.5) is 0 Å². The first-order valence-corrected chi connectivity index (χ1v) is 15.9. The van der Waals surface area contributed by atoms with Crippen molar-refractivity contribution in [2.75, 3.05) is 13.1 Å². The normalized spacial score (nSPS) is 21.9. The van der Waals surface area contributed by atoms with E-state index in [1.54, 1.807) is 30.6 Å². The molecule has 246 valence electrons. The first kappa shape index (κ1) is 35.8. The molecule has 3 atom stereocenters. The molecule has 4 rings (SSSR count). The third-order valence-electron chi connectivity index (χ3n) is 8.59. The van der Waals surface area contributed by atoms with Crippen LogP contribution in [-0.2, 0) is 27.1 Å². The molecule has 2 fully saturated rings. The Labute approximate surface area is 269 Å². The van der Waals surface area contributed by atoms with Crippen LogP contribution in [0.25, 0.3) is 0 Å². The van der Waals surface area contributed by atoms with Crippen molar-refractivity contribution in [2.24, 2.45) is 17.3 Å². The lowest BCUT2D eigenvalue weighted by Gasteiger charge is -2.29. The van der Waals surface area contributed by atoms with Gasteiger partial charge in [-0.2, -0.15) is 0 Å². The van der Waals surface area contributed by atoms with Crippen molar-refractivity contribution in [1.29, 1.82) is 0 Å². The van der Waals surface area contributed by atoms with Crippen molar-refractivity contribution in [3.8, 4) is 0 Å². The Bertz CT molecular complexity index is 1380. The highest BCUT2D eigenvalue weighted by Crippen LogP contribution is 2.38. The summed E-state index contributed by atoms with van der Waals surface area (Å²) >= 11 is 0. The monoisotopic (exact) mass is 618 g/mol. The Morgan fingerprint density at radius 1 is 1.07 bits per heavy atom. The Kier molecular flexibility index (Phi) is 11.0. The Morgan fingerprint density at radius 2 is 1.67 bits per heavy atom. The van der Waals surface area contributed by atoms with Gasteiger partial charge in [0.15, 0.2) is 0 Å². The van der Waals surface area contributed by atoms with Gasteiger partial charge in [0.1, 0.15) is 11.4 Å². The summed E-state index contributed by atoms with van der Waals surface area (Å²) in [6.07, 6.45) is 1.06. The van der Waals surface area contributed by atoms with Crippen molar-refractivity contribution >= 4 is 17.8 Å². The quantitative estimate of drug-likeness (QED) is 0.454. The summed E-state index contributed by atoms with van der Waals surface area (Å²) in [4.78, 5) is 41.1. The second-order valence-corrected chi connectivity index (χ2v) is 15.1. The van der Waals surface area contributed by atoms with E-state index in [-0.39, 0.29) is 23.1 Å². The number of hydrogen-bond donors (Lipinski definition) is 2. The second-order valence-electron chi connectivity index (χ2n) is 15.1. The van der Waals surface area contributed by atoms with E-state index < -0.39 is 23.0 Å². The third-order valence-corrected chi connectivity index (χ3v) is 8.59. The number of aliphatic carboxylic acids is 1.